The van der Waals surface area contributed by atoms with Crippen molar-refractivity contribution in [2.45, 2.75) is 162 Å². The molecule has 0 bridgehead atoms. The molecule has 0 aliphatic heterocycles. The van der Waals surface area contributed by atoms with Crippen LogP contribution in [0.2, 0.25) is 0 Å². The van der Waals surface area contributed by atoms with Gasteiger partial charge in [-0.05, 0) is 33.4 Å². The number of rotatable bonds is 29. The number of likely N-dealkylation sites (N-methyl/N-ethyl adjacent to an activating group) is 1. The molecule has 0 saturated carbocycles. The molecule has 2 atom stereocenters. The van der Waals surface area contributed by atoms with Crippen molar-refractivity contribution < 1.29 is 19.1 Å². The Labute approximate surface area is 243 Å². The quantitative estimate of drug-likeness (QED) is 0.0682. The minimum atomic E-state index is -0.288. The van der Waals surface area contributed by atoms with E-state index in [1.807, 2.05) is 32.8 Å². The predicted octanol–water partition coefficient (Wildman–Crippen LogP) is 9.51. The van der Waals surface area contributed by atoms with E-state index < -0.39 is 0 Å². The standard InChI is InChI=1S/C34H67NO4/c1-6-8-9-10-11-12-13-14-15-16-17-18-19-20-21-22-23-24-25-26-28-38-34(37)32(7-2)30-31(3)33(36)39-29-27-35(4)5/h31-32H,6-30H2,1-5H3. The van der Waals surface area contributed by atoms with Crippen LogP contribution in [0.3, 0.4) is 0 Å². The van der Waals surface area contributed by atoms with Crippen molar-refractivity contribution in [2.75, 3.05) is 33.9 Å². The van der Waals surface area contributed by atoms with E-state index in [0.717, 1.165) is 12.8 Å². The van der Waals surface area contributed by atoms with Crippen molar-refractivity contribution in [3.63, 3.8) is 0 Å². The molecule has 0 spiro atoms. The summed E-state index contributed by atoms with van der Waals surface area (Å²) in [5, 5.41) is 0. The first-order valence-corrected chi connectivity index (χ1v) is 16.9. The van der Waals surface area contributed by atoms with E-state index in [4.69, 9.17) is 9.47 Å². The highest BCUT2D eigenvalue weighted by Gasteiger charge is 2.25. The van der Waals surface area contributed by atoms with E-state index in [0.29, 0.717) is 32.6 Å². The van der Waals surface area contributed by atoms with Crippen LogP contribution in [0.1, 0.15) is 162 Å². The Hall–Kier alpha value is -1.10. The summed E-state index contributed by atoms with van der Waals surface area (Å²) in [7, 11) is 3.89. The van der Waals surface area contributed by atoms with Crippen molar-refractivity contribution in [1.82, 2.24) is 4.90 Å². The lowest BCUT2D eigenvalue weighted by atomic mass is 9.94. The lowest BCUT2D eigenvalue weighted by Crippen LogP contribution is -2.26. The Morgan fingerprint density at radius 3 is 1.33 bits per heavy atom. The SMILES string of the molecule is CCCCCCCCCCCCCCCCCCCCCCOC(=O)C(CC)CC(C)C(=O)OCCN(C)C. The molecule has 0 aromatic carbocycles. The summed E-state index contributed by atoms with van der Waals surface area (Å²) >= 11 is 0. The Morgan fingerprint density at radius 2 is 0.949 bits per heavy atom. The van der Waals surface area contributed by atoms with Crippen LogP contribution in [0.15, 0.2) is 0 Å². The number of ether oxygens (including phenoxy) is 2. The van der Waals surface area contributed by atoms with Crippen LogP contribution in [0.25, 0.3) is 0 Å². The summed E-state index contributed by atoms with van der Waals surface area (Å²) in [6.45, 7) is 7.69. The second-order valence-electron chi connectivity index (χ2n) is 12.1. The summed E-state index contributed by atoms with van der Waals surface area (Å²) in [5.41, 5.74) is 0. The third-order valence-electron chi connectivity index (χ3n) is 7.89. The molecule has 0 saturated heterocycles. The molecule has 5 nitrogen and oxygen atoms in total. The third-order valence-corrected chi connectivity index (χ3v) is 7.89. The molecule has 0 aromatic rings. The lowest BCUT2D eigenvalue weighted by Gasteiger charge is -2.18. The second kappa shape index (κ2) is 28.4. The van der Waals surface area contributed by atoms with E-state index in [-0.39, 0.29) is 23.8 Å². The van der Waals surface area contributed by atoms with E-state index >= 15 is 0 Å². The van der Waals surface area contributed by atoms with Crippen molar-refractivity contribution in [2.24, 2.45) is 11.8 Å². The molecule has 39 heavy (non-hydrogen) atoms. The summed E-state index contributed by atoms with van der Waals surface area (Å²) < 4.78 is 10.8. The minimum Gasteiger partial charge on any atom is -0.465 e. The van der Waals surface area contributed by atoms with Gasteiger partial charge in [0.2, 0.25) is 0 Å². The molecule has 2 unspecified atom stereocenters. The molecule has 0 aromatic heterocycles. The summed E-state index contributed by atoms with van der Waals surface area (Å²) in [6.07, 6.45) is 28.4. The van der Waals surface area contributed by atoms with Crippen LogP contribution in [-0.2, 0) is 19.1 Å². The first kappa shape index (κ1) is 37.9. The van der Waals surface area contributed by atoms with E-state index in [9.17, 15) is 9.59 Å². The monoisotopic (exact) mass is 554 g/mol. The number of hydrogen-bond donors (Lipinski definition) is 0. The fourth-order valence-corrected chi connectivity index (χ4v) is 5.07. The van der Waals surface area contributed by atoms with Gasteiger partial charge in [0.05, 0.1) is 18.4 Å². The lowest BCUT2D eigenvalue weighted by molar-refractivity contribution is -0.152. The fourth-order valence-electron chi connectivity index (χ4n) is 5.07. The van der Waals surface area contributed by atoms with Gasteiger partial charge >= 0.3 is 11.9 Å². The molecule has 0 radical (unpaired) electrons. The van der Waals surface area contributed by atoms with Crippen molar-refractivity contribution >= 4 is 11.9 Å². The average molecular weight is 554 g/mol. The molecule has 0 aliphatic rings. The number of nitrogens with zero attached hydrogens (tertiary/aromatic N) is 1. The summed E-state index contributed by atoms with van der Waals surface area (Å²) in [6, 6.07) is 0. The zero-order chi connectivity index (χ0) is 29.0. The molecule has 0 rings (SSSR count). The second-order valence-corrected chi connectivity index (χ2v) is 12.1. The third kappa shape index (κ3) is 25.6. The van der Waals surface area contributed by atoms with Gasteiger partial charge in [-0.1, -0.05) is 143 Å². The van der Waals surface area contributed by atoms with Crippen LogP contribution < -0.4 is 0 Å². The highest BCUT2D eigenvalue weighted by atomic mass is 16.5. The Bertz CT molecular complexity index is 551. The van der Waals surface area contributed by atoms with Crippen molar-refractivity contribution in [3.05, 3.63) is 0 Å². The molecular formula is C34H67NO4. The van der Waals surface area contributed by atoms with Crippen molar-refractivity contribution in [1.29, 1.82) is 0 Å². The maximum Gasteiger partial charge on any atom is 0.308 e. The van der Waals surface area contributed by atoms with Crippen LogP contribution in [-0.4, -0.2) is 50.7 Å². The highest BCUT2D eigenvalue weighted by Crippen LogP contribution is 2.19. The van der Waals surface area contributed by atoms with Crippen molar-refractivity contribution in [3.8, 4) is 0 Å². The Kier molecular flexibility index (Phi) is 27.6. The smallest absolute Gasteiger partial charge is 0.308 e. The molecule has 232 valence electrons. The minimum absolute atomic E-state index is 0.164. The molecule has 0 aliphatic carbocycles. The molecule has 0 fully saturated rings. The van der Waals surface area contributed by atoms with E-state index in [1.165, 1.54) is 116 Å². The highest BCUT2D eigenvalue weighted by molar-refractivity contribution is 5.75. The first-order chi connectivity index (χ1) is 18.9. The van der Waals surface area contributed by atoms with Crippen LogP contribution in [0, 0.1) is 11.8 Å². The zero-order valence-corrected chi connectivity index (χ0v) is 26.9. The van der Waals surface area contributed by atoms with Crippen LogP contribution in [0.4, 0.5) is 0 Å². The Morgan fingerprint density at radius 1 is 0.564 bits per heavy atom. The predicted molar refractivity (Wildman–Crippen MR) is 166 cm³/mol. The van der Waals surface area contributed by atoms with Gasteiger partial charge in [0.1, 0.15) is 6.61 Å². The molecule has 0 N–H and O–H groups in total. The van der Waals surface area contributed by atoms with Gasteiger partial charge in [0.25, 0.3) is 0 Å². The molecule has 0 heterocycles. The molecular weight excluding hydrogens is 486 g/mol. The largest absolute Gasteiger partial charge is 0.465 e. The topological polar surface area (TPSA) is 55.8 Å². The van der Waals surface area contributed by atoms with E-state index in [1.54, 1.807) is 0 Å². The van der Waals surface area contributed by atoms with Crippen LogP contribution >= 0.6 is 0 Å². The molecule has 5 heteroatoms. The fraction of sp³-hybridized carbons (Fsp3) is 0.941. The zero-order valence-electron chi connectivity index (χ0n) is 26.9. The first-order valence-electron chi connectivity index (χ1n) is 16.9. The van der Waals surface area contributed by atoms with E-state index in [2.05, 4.69) is 6.92 Å². The van der Waals surface area contributed by atoms with Crippen LogP contribution in [0.5, 0.6) is 0 Å². The van der Waals surface area contributed by atoms with Gasteiger partial charge in [-0.15, -0.1) is 0 Å². The van der Waals surface area contributed by atoms with Gasteiger partial charge in [-0.3, -0.25) is 9.59 Å². The number of carbonyl (C=O) groups excluding carboxylic acids is 2. The van der Waals surface area contributed by atoms with Gasteiger partial charge < -0.3 is 14.4 Å². The maximum absolute atomic E-state index is 12.5. The average Bonchev–Trinajstić information content (AvgIpc) is 2.91. The number of unbranched alkanes of at least 4 members (excludes halogenated alkanes) is 19. The number of carbonyl (C=O) groups is 2. The number of hydrogen-bond acceptors (Lipinski definition) is 5. The number of esters is 2. The summed E-state index contributed by atoms with van der Waals surface area (Å²) in [5.74, 6) is -0.906. The molecule has 0 amide bonds. The van der Waals surface area contributed by atoms with Gasteiger partial charge in [0.15, 0.2) is 0 Å². The Balaban J connectivity index is 3.51. The summed E-state index contributed by atoms with van der Waals surface area (Å²) in [4.78, 5) is 26.6. The maximum atomic E-state index is 12.5. The normalized spacial score (nSPS) is 13.0. The van der Waals surface area contributed by atoms with Gasteiger partial charge in [0, 0.05) is 6.54 Å². The van der Waals surface area contributed by atoms with Gasteiger partial charge in [-0.25, -0.2) is 0 Å². The van der Waals surface area contributed by atoms with Gasteiger partial charge in [-0.2, -0.15) is 0 Å².